The minimum atomic E-state index is -2.34. The molecule has 0 saturated heterocycles. The highest BCUT2D eigenvalue weighted by Gasteiger charge is 2.43. The van der Waals surface area contributed by atoms with E-state index in [1.807, 2.05) is 0 Å². The minimum absolute atomic E-state index is 0.600. The Hall–Kier alpha value is 1.42. The molecule has 2 unspecified atom stereocenters. The maximum atomic E-state index is 6.73. The maximum absolute atomic E-state index is 6.73. The monoisotopic (exact) mass is 734 g/mol. The van der Waals surface area contributed by atoms with E-state index in [1.165, 1.54) is 0 Å². The molecular weight excluding hydrogens is 665 g/mol. The van der Waals surface area contributed by atoms with Crippen LogP contribution in [-0.4, -0.2) is 107 Å². The quantitative estimate of drug-likeness (QED) is 0.0723. The Kier molecular flexibility index (Phi) is 19.9. The SMILES string of the molecule is C[SiH](C)CO[Si](C)(CCCOCCOCCC[Si](C)(OC[SiH](C)C)O[Si](C)(C)O[Si](C)(C)C)O[Si](C)(C)O[Si](C)(C)C. The van der Waals surface area contributed by atoms with Crippen LogP contribution in [-0.2, 0) is 34.8 Å². The standard InChI is InChI=1S/C26H70O8Si8/c1-35(2)25-29-41(15,33-39(11,12)31-37(5,6)7)23-17-19-27-21-22-28-20-18-24-42(16,30-26-36(3)4)34-40(13,14)32-38(8,9)10/h35-36H,17-26H2,1-16H3. The summed E-state index contributed by atoms with van der Waals surface area (Å²) < 4.78 is 51.2. The van der Waals surface area contributed by atoms with Gasteiger partial charge in [0.15, 0.2) is 16.6 Å². The lowest BCUT2D eigenvalue weighted by atomic mass is 10.5. The highest BCUT2D eigenvalue weighted by Crippen LogP contribution is 2.26. The average molecular weight is 736 g/mol. The van der Waals surface area contributed by atoms with Gasteiger partial charge in [-0.2, -0.15) is 0 Å². The normalized spacial score (nSPS) is 16.7. The molecule has 0 aromatic heterocycles. The summed E-state index contributed by atoms with van der Waals surface area (Å²) in [5.74, 6) is 0. The molecule has 0 aromatic carbocycles. The van der Waals surface area contributed by atoms with Gasteiger partial charge in [-0.3, -0.25) is 0 Å². The van der Waals surface area contributed by atoms with Crippen LogP contribution in [0.4, 0.5) is 0 Å². The third kappa shape index (κ3) is 24.6. The summed E-state index contributed by atoms with van der Waals surface area (Å²) in [6.45, 7) is 38.3. The first kappa shape index (κ1) is 43.4. The van der Waals surface area contributed by atoms with Gasteiger partial charge >= 0.3 is 34.2 Å². The Balaban J connectivity index is 4.60. The fraction of sp³-hybridized carbons (Fsp3) is 1.00. The van der Waals surface area contributed by atoms with Crippen molar-refractivity contribution in [1.82, 2.24) is 0 Å². The van der Waals surface area contributed by atoms with Crippen LogP contribution in [0.1, 0.15) is 12.8 Å². The van der Waals surface area contributed by atoms with E-state index in [0.717, 1.165) is 37.4 Å². The smallest absolute Gasteiger partial charge is 0.325 e. The lowest BCUT2D eigenvalue weighted by molar-refractivity contribution is 0.0471. The van der Waals surface area contributed by atoms with Crippen LogP contribution in [0.15, 0.2) is 0 Å². The zero-order valence-electron chi connectivity index (χ0n) is 30.5. The van der Waals surface area contributed by atoms with Crippen molar-refractivity contribution in [3.63, 3.8) is 0 Å². The molecule has 16 heteroatoms. The highest BCUT2D eigenvalue weighted by molar-refractivity contribution is 6.87. The second kappa shape index (κ2) is 19.3. The molecule has 254 valence electrons. The molecule has 42 heavy (non-hydrogen) atoms. The Morgan fingerprint density at radius 2 is 0.738 bits per heavy atom. The van der Waals surface area contributed by atoms with Gasteiger partial charge in [0.1, 0.15) is 0 Å². The number of hydrogen-bond acceptors (Lipinski definition) is 8. The molecule has 0 rings (SSSR count). The Morgan fingerprint density at radius 3 is 1.00 bits per heavy atom. The summed E-state index contributed by atoms with van der Waals surface area (Å²) in [7, 11) is -14.2. The van der Waals surface area contributed by atoms with Crippen molar-refractivity contribution in [2.24, 2.45) is 0 Å². The van der Waals surface area contributed by atoms with Crippen molar-refractivity contribution in [3.05, 3.63) is 0 Å². The first-order valence-electron chi connectivity index (χ1n) is 16.1. The highest BCUT2D eigenvalue weighted by atomic mass is 28.5. The van der Waals surface area contributed by atoms with E-state index in [-0.39, 0.29) is 0 Å². The fourth-order valence-electron chi connectivity index (χ4n) is 4.86. The predicted molar refractivity (Wildman–Crippen MR) is 199 cm³/mol. The van der Waals surface area contributed by atoms with E-state index in [1.54, 1.807) is 0 Å². The van der Waals surface area contributed by atoms with Crippen LogP contribution in [0.3, 0.4) is 0 Å². The third-order valence-electron chi connectivity index (χ3n) is 5.68. The molecule has 0 aromatic rings. The molecule has 0 radical (unpaired) electrons. The lowest BCUT2D eigenvalue weighted by Gasteiger charge is -2.38. The van der Waals surface area contributed by atoms with Crippen LogP contribution in [0.5, 0.6) is 0 Å². The van der Waals surface area contributed by atoms with Gasteiger partial charge in [0.2, 0.25) is 0 Å². The van der Waals surface area contributed by atoms with Crippen molar-refractivity contribution in [1.29, 1.82) is 0 Å². The zero-order valence-corrected chi connectivity index (χ0v) is 38.8. The molecule has 0 amide bonds. The summed E-state index contributed by atoms with van der Waals surface area (Å²) in [5.41, 5.74) is 0. The largest absolute Gasteiger partial charge is 0.437 e. The number of hydrogen-bond donors (Lipinski definition) is 0. The molecule has 0 N–H and O–H groups in total. The fourth-order valence-corrected chi connectivity index (χ4v) is 34.7. The molecule has 8 nitrogen and oxygen atoms in total. The lowest BCUT2D eigenvalue weighted by Crippen LogP contribution is -2.54. The molecule has 0 aliphatic carbocycles. The van der Waals surface area contributed by atoms with E-state index >= 15 is 0 Å². The van der Waals surface area contributed by atoms with Crippen LogP contribution in [0.2, 0.25) is 117 Å². The predicted octanol–water partition coefficient (Wildman–Crippen LogP) is 7.17. The number of ether oxygens (including phenoxy) is 2. The maximum Gasteiger partial charge on any atom is 0.325 e. The summed E-state index contributed by atoms with van der Waals surface area (Å²) in [4.78, 5) is 0. The summed E-state index contributed by atoms with van der Waals surface area (Å²) in [6.07, 6.45) is 3.57. The molecule has 0 heterocycles. The first-order chi connectivity index (χ1) is 18.9. The van der Waals surface area contributed by atoms with Gasteiger partial charge in [0.05, 0.1) is 30.8 Å². The Bertz CT molecular complexity index is 674. The van der Waals surface area contributed by atoms with Crippen LogP contribution in [0, 0.1) is 0 Å². The second-order valence-electron chi connectivity index (χ2n) is 15.5. The molecule has 0 spiro atoms. The van der Waals surface area contributed by atoms with E-state index in [4.69, 9.17) is 34.8 Å². The van der Waals surface area contributed by atoms with Crippen molar-refractivity contribution in [2.45, 2.75) is 130 Å². The van der Waals surface area contributed by atoms with E-state index in [0.29, 0.717) is 26.4 Å². The van der Waals surface area contributed by atoms with Gasteiger partial charge in [-0.05, 0) is 103 Å². The molecule has 0 bridgehead atoms. The third-order valence-corrected chi connectivity index (χ3v) is 28.3. The minimum Gasteiger partial charge on any atom is -0.437 e. The van der Waals surface area contributed by atoms with Gasteiger partial charge < -0.3 is 34.8 Å². The molecule has 0 aliphatic heterocycles. The van der Waals surface area contributed by atoms with Crippen LogP contribution in [0.25, 0.3) is 0 Å². The Morgan fingerprint density at radius 1 is 0.429 bits per heavy atom. The van der Waals surface area contributed by atoms with Gasteiger partial charge in [-0.25, -0.2) is 0 Å². The number of rotatable bonds is 25. The summed E-state index contributed by atoms with van der Waals surface area (Å²) in [5, 5.41) is 0. The second-order valence-corrected chi connectivity index (χ2v) is 45.2. The summed E-state index contributed by atoms with van der Waals surface area (Å²) >= 11 is 0. The first-order valence-corrected chi connectivity index (χ1v) is 39.9. The molecule has 0 saturated carbocycles. The van der Waals surface area contributed by atoms with Crippen molar-refractivity contribution in [2.75, 3.05) is 38.9 Å². The molecule has 2 atom stereocenters. The van der Waals surface area contributed by atoms with Crippen molar-refractivity contribution >= 4 is 68.5 Å². The van der Waals surface area contributed by atoms with Gasteiger partial charge in [-0.15, -0.1) is 0 Å². The van der Waals surface area contributed by atoms with Crippen molar-refractivity contribution in [3.8, 4) is 0 Å². The molecule has 0 aliphatic rings. The molecule has 0 fully saturated rings. The van der Waals surface area contributed by atoms with Crippen LogP contribution < -0.4 is 0 Å². The van der Waals surface area contributed by atoms with Crippen molar-refractivity contribution < 1.29 is 34.8 Å². The van der Waals surface area contributed by atoms with E-state index < -0.39 is 68.5 Å². The summed E-state index contributed by atoms with van der Waals surface area (Å²) in [6, 6.07) is 1.84. The van der Waals surface area contributed by atoms with Crippen LogP contribution >= 0.6 is 0 Å². The average Bonchev–Trinajstić information content (AvgIpc) is 2.73. The van der Waals surface area contributed by atoms with E-state index in [2.05, 4.69) is 105 Å². The van der Waals surface area contributed by atoms with Gasteiger partial charge in [0.25, 0.3) is 0 Å². The molecular formula is C26H70O8Si8. The topological polar surface area (TPSA) is 73.8 Å². The van der Waals surface area contributed by atoms with Gasteiger partial charge in [0, 0.05) is 25.7 Å². The Labute approximate surface area is 270 Å². The van der Waals surface area contributed by atoms with E-state index in [9.17, 15) is 0 Å². The zero-order chi connectivity index (χ0) is 32.9. The van der Waals surface area contributed by atoms with Gasteiger partial charge in [-0.1, -0.05) is 26.2 Å².